The third-order valence-corrected chi connectivity index (χ3v) is 5.44. The van der Waals surface area contributed by atoms with Crippen molar-refractivity contribution in [3.63, 3.8) is 0 Å². The van der Waals surface area contributed by atoms with Crippen LogP contribution in [0.15, 0.2) is 28.9 Å². The fourth-order valence-corrected chi connectivity index (χ4v) is 3.56. The fourth-order valence-electron chi connectivity index (χ4n) is 3.14. The van der Waals surface area contributed by atoms with Crippen LogP contribution in [0.2, 0.25) is 0 Å². The van der Waals surface area contributed by atoms with Gasteiger partial charge in [-0.1, -0.05) is 5.21 Å². The van der Waals surface area contributed by atoms with Crippen LogP contribution in [0.4, 0.5) is 0 Å². The number of likely N-dealkylation sites (tertiary alicyclic amines) is 1. The van der Waals surface area contributed by atoms with E-state index in [1.807, 2.05) is 21.7 Å². The maximum absolute atomic E-state index is 12.8. The summed E-state index contributed by atoms with van der Waals surface area (Å²) >= 11 is 3.46. The molecule has 2 aliphatic rings. The van der Waals surface area contributed by atoms with Crippen molar-refractivity contribution >= 4 is 21.8 Å². The molecule has 126 valence electrons. The number of aromatic nitrogens is 3. The van der Waals surface area contributed by atoms with Crippen LogP contribution in [0, 0.1) is 0 Å². The predicted molar refractivity (Wildman–Crippen MR) is 92.2 cm³/mol. The Labute approximate surface area is 148 Å². The zero-order chi connectivity index (χ0) is 16.7. The minimum atomic E-state index is 0.0193. The Bertz CT molecular complexity index is 772. The van der Waals surface area contributed by atoms with Crippen LogP contribution in [0.25, 0.3) is 0 Å². The van der Waals surface area contributed by atoms with Gasteiger partial charge in [0.15, 0.2) is 0 Å². The molecule has 2 aromatic rings. The Kier molecular flexibility index (Phi) is 4.04. The summed E-state index contributed by atoms with van der Waals surface area (Å²) in [5.41, 5.74) is 1.72. The molecule has 4 rings (SSSR count). The van der Waals surface area contributed by atoms with Crippen LogP contribution < -0.4 is 4.74 Å². The summed E-state index contributed by atoms with van der Waals surface area (Å²) in [5.74, 6) is 1.30. The highest BCUT2D eigenvalue weighted by Gasteiger charge is 2.32. The molecule has 0 spiro atoms. The second-order valence-corrected chi connectivity index (χ2v) is 7.29. The lowest BCUT2D eigenvalue weighted by molar-refractivity contribution is 0.0785. The molecule has 0 N–H and O–H groups in total. The molecule has 2 fully saturated rings. The molecule has 1 amide bonds. The van der Waals surface area contributed by atoms with Gasteiger partial charge in [0, 0.05) is 29.7 Å². The highest BCUT2D eigenvalue weighted by molar-refractivity contribution is 9.10. The number of halogens is 1. The van der Waals surface area contributed by atoms with Crippen molar-refractivity contribution in [2.45, 2.75) is 31.2 Å². The number of hydrogen-bond acceptors (Lipinski definition) is 4. The lowest BCUT2D eigenvalue weighted by atomic mass is 10.2. The first kappa shape index (κ1) is 15.6. The fraction of sp³-hybridized carbons (Fsp3) is 0.471. The Morgan fingerprint density at radius 2 is 2.17 bits per heavy atom. The van der Waals surface area contributed by atoms with Crippen LogP contribution in [-0.4, -0.2) is 46.0 Å². The Balaban J connectivity index is 1.48. The molecule has 1 aromatic carbocycles. The standard InChI is InChI=1S/C17H19BrN4O2/c1-24-13-4-5-15(18)14(8-13)17(23)21-7-6-12(9-21)22-10-16(19-20-22)11-2-3-11/h4-5,8,10-12H,2-3,6-7,9H2,1H3. The van der Waals surface area contributed by atoms with Crippen molar-refractivity contribution in [3.8, 4) is 5.75 Å². The second-order valence-electron chi connectivity index (χ2n) is 6.44. The minimum Gasteiger partial charge on any atom is -0.497 e. The molecule has 1 aliphatic carbocycles. The van der Waals surface area contributed by atoms with Crippen molar-refractivity contribution in [1.29, 1.82) is 0 Å². The van der Waals surface area contributed by atoms with E-state index in [0.29, 0.717) is 23.8 Å². The summed E-state index contributed by atoms with van der Waals surface area (Å²) < 4.78 is 7.95. The number of hydrogen-bond donors (Lipinski definition) is 0. The molecule has 6 nitrogen and oxygen atoms in total. The van der Waals surface area contributed by atoms with Gasteiger partial charge in [-0.05, 0) is 53.4 Å². The number of methoxy groups -OCH3 is 1. The van der Waals surface area contributed by atoms with Crippen LogP contribution in [0.5, 0.6) is 5.75 Å². The lowest BCUT2D eigenvalue weighted by Crippen LogP contribution is -2.29. The normalized spacial score (nSPS) is 20.4. The molecular formula is C17H19BrN4O2. The second kappa shape index (κ2) is 6.20. The van der Waals surface area contributed by atoms with Crippen LogP contribution in [-0.2, 0) is 0 Å². The highest BCUT2D eigenvalue weighted by atomic mass is 79.9. The largest absolute Gasteiger partial charge is 0.497 e. The van der Waals surface area contributed by atoms with Gasteiger partial charge in [-0.2, -0.15) is 0 Å². The van der Waals surface area contributed by atoms with Gasteiger partial charge >= 0.3 is 0 Å². The van der Waals surface area contributed by atoms with Gasteiger partial charge in [-0.3, -0.25) is 4.79 Å². The van der Waals surface area contributed by atoms with Crippen molar-refractivity contribution in [1.82, 2.24) is 19.9 Å². The number of benzene rings is 1. The van der Waals surface area contributed by atoms with E-state index in [9.17, 15) is 4.79 Å². The molecule has 2 heterocycles. The predicted octanol–water partition coefficient (Wildman–Crippen LogP) is 3.01. The quantitative estimate of drug-likeness (QED) is 0.804. The van der Waals surface area contributed by atoms with Gasteiger partial charge in [0.05, 0.1) is 24.4 Å². The van der Waals surface area contributed by atoms with E-state index in [1.165, 1.54) is 12.8 Å². The van der Waals surface area contributed by atoms with Gasteiger partial charge in [0.2, 0.25) is 0 Å². The highest BCUT2D eigenvalue weighted by Crippen LogP contribution is 2.39. The Hall–Kier alpha value is -1.89. The molecule has 1 unspecified atom stereocenters. The number of ether oxygens (including phenoxy) is 1. The maximum Gasteiger partial charge on any atom is 0.255 e. The molecule has 0 bridgehead atoms. The molecule has 1 atom stereocenters. The first-order valence-electron chi connectivity index (χ1n) is 8.20. The van der Waals surface area contributed by atoms with Crippen LogP contribution in [0.3, 0.4) is 0 Å². The molecule has 0 radical (unpaired) electrons. The van der Waals surface area contributed by atoms with E-state index < -0.39 is 0 Å². The smallest absolute Gasteiger partial charge is 0.255 e. The number of amides is 1. The Morgan fingerprint density at radius 1 is 1.33 bits per heavy atom. The van der Waals surface area contributed by atoms with Gasteiger partial charge in [0.1, 0.15) is 5.75 Å². The summed E-state index contributed by atoms with van der Waals surface area (Å²) in [5, 5.41) is 8.54. The lowest BCUT2D eigenvalue weighted by Gasteiger charge is -2.18. The zero-order valence-corrected chi connectivity index (χ0v) is 15.1. The van der Waals surface area contributed by atoms with E-state index in [0.717, 1.165) is 23.1 Å². The average molecular weight is 391 g/mol. The van der Waals surface area contributed by atoms with E-state index in [1.54, 1.807) is 13.2 Å². The molecule has 7 heteroatoms. The molecule has 1 aromatic heterocycles. The molecule has 1 saturated carbocycles. The van der Waals surface area contributed by atoms with Crippen LogP contribution in [0.1, 0.15) is 47.3 Å². The van der Waals surface area contributed by atoms with E-state index in [4.69, 9.17) is 4.74 Å². The third kappa shape index (κ3) is 2.92. The van der Waals surface area contributed by atoms with E-state index in [2.05, 4.69) is 32.4 Å². The molecule has 24 heavy (non-hydrogen) atoms. The SMILES string of the molecule is COc1ccc(Br)c(C(=O)N2CCC(n3cc(C4CC4)nn3)C2)c1. The average Bonchev–Trinajstić information content (AvgIpc) is 3.13. The summed E-state index contributed by atoms with van der Waals surface area (Å²) in [6.07, 6.45) is 5.40. The van der Waals surface area contributed by atoms with Crippen molar-refractivity contribution in [2.24, 2.45) is 0 Å². The molecule has 1 aliphatic heterocycles. The van der Waals surface area contributed by atoms with Crippen molar-refractivity contribution in [2.75, 3.05) is 20.2 Å². The number of rotatable bonds is 4. The Morgan fingerprint density at radius 3 is 2.92 bits per heavy atom. The van der Waals surface area contributed by atoms with Gasteiger partial charge < -0.3 is 9.64 Å². The first-order valence-corrected chi connectivity index (χ1v) is 8.99. The molecule has 1 saturated heterocycles. The number of carbonyl (C=O) groups is 1. The van der Waals surface area contributed by atoms with Gasteiger partial charge in [-0.25, -0.2) is 4.68 Å². The van der Waals surface area contributed by atoms with Gasteiger partial charge in [0.25, 0.3) is 5.91 Å². The number of carbonyl (C=O) groups excluding carboxylic acids is 1. The maximum atomic E-state index is 12.8. The van der Waals surface area contributed by atoms with E-state index >= 15 is 0 Å². The number of nitrogens with zero attached hydrogens (tertiary/aromatic N) is 4. The summed E-state index contributed by atoms with van der Waals surface area (Å²) in [6.45, 7) is 1.39. The molecular weight excluding hydrogens is 372 g/mol. The topological polar surface area (TPSA) is 60.2 Å². The third-order valence-electron chi connectivity index (χ3n) is 4.75. The monoisotopic (exact) mass is 390 g/mol. The zero-order valence-electron chi connectivity index (χ0n) is 13.5. The first-order chi connectivity index (χ1) is 11.7. The van der Waals surface area contributed by atoms with Crippen molar-refractivity contribution < 1.29 is 9.53 Å². The summed E-state index contributed by atoms with van der Waals surface area (Å²) in [6, 6.07) is 5.67. The summed E-state index contributed by atoms with van der Waals surface area (Å²) in [7, 11) is 1.60. The van der Waals surface area contributed by atoms with Crippen molar-refractivity contribution in [3.05, 3.63) is 40.1 Å². The van der Waals surface area contributed by atoms with Gasteiger partial charge in [-0.15, -0.1) is 5.10 Å². The minimum absolute atomic E-state index is 0.0193. The van der Waals surface area contributed by atoms with E-state index in [-0.39, 0.29) is 11.9 Å². The summed E-state index contributed by atoms with van der Waals surface area (Å²) in [4.78, 5) is 14.7. The van der Waals surface area contributed by atoms with Crippen LogP contribution >= 0.6 is 15.9 Å².